The molecule has 2 aromatic carbocycles. The Bertz CT molecular complexity index is 1160. The third kappa shape index (κ3) is 7.76. The molecule has 1 saturated heterocycles. The minimum Gasteiger partial charge on any atom is -0.481 e. The van der Waals surface area contributed by atoms with Crippen LogP contribution in [0.1, 0.15) is 42.2 Å². The van der Waals surface area contributed by atoms with Gasteiger partial charge in [-0.15, -0.1) is 0 Å². The molecule has 0 aliphatic carbocycles. The first-order chi connectivity index (χ1) is 17.9. The number of nitrogens with one attached hydrogen (secondary N) is 1. The van der Waals surface area contributed by atoms with E-state index in [1.165, 1.54) is 0 Å². The maximum absolute atomic E-state index is 10.8. The molecule has 1 aliphatic heterocycles. The van der Waals surface area contributed by atoms with Crippen LogP contribution in [0.15, 0.2) is 60.8 Å². The molecule has 1 fully saturated rings. The average Bonchev–Trinajstić information content (AvgIpc) is 2.90. The van der Waals surface area contributed by atoms with E-state index in [0.29, 0.717) is 23.9 Å². The quantitative estimate of drug-likeness (QED) is 0.307. The maximum atomic E-state index is 10.8. The Balaban J connectivity index is 1.50. The lowest BCUT2D eigenvalue weighted by Crippen LogP contribution is -2.19. The topological polar surface area (TPSA) is 104 Å². The highest BCUT2D eigenvalue weighted by Gasteiger charge is 2.18. The number of anilines is 2. The number of carboxylic acids is 1. The van der Waals surface area contributed by atoms with Gasteiger partial charge in [0.15, 0.2) is 0 Å². The van der Waals surface area contributed by atoms with E-state index in [4.69, 9.17) is 14.6 Å². The molecule has 37 heavy (non-hydrogen) atoms. The predicted octanol–water partition coefficient (Wildman–Crippen LogP) is 5.16. The maximum Gasteiger partial charge on any atom is 0.303 e. The molecule has 8 nitrogen and oxygen atoms in total. The first-order valence-electron chi connectivity index (χ1n) is 12.6. The van der Waals surface area contributed by atoms with Gasteiger partial charge in [0.1, 0.15) is 23.5 Å². The number of aliphatic hydroxyl groups excluding tert-OH is 1. The average molecular weight is 506 g/mol. The van der Waals surface area contributed by atoms with Crippen molar-refractivity contribution < 1.29 is 24.5 Å². The Hall–Kier alpha value is -3.46. The highest BCUT2D eigenvalue weighted by atomic mass is 16.5. The highest BCUT2D eigenvalue weighted by Crippen LogP contribution is 2.33. The number of aromatic nitrogens is 1. The number of aliphatic carboxylic acids is 1. The number of aryl methyl sites for hydroxylation is 1. The van der Waals surface area contributed by atoms with Crippen molar-refractivity contribution in [3.05, 3.63) is 77.5 Å². The van der Waals surface area contributed by atoms with Crippen molar-refractivity contribution in [2.24, 2.45) is 5.92 Å². The fourth-order valence-corrected chi connectivity index (χ4v) is 4.36. The fourth-order valence-electron chi connectivity index (χ4n) is 4.36. The number of hydrogen-bond donors (Lipinski definition) is 3. The molecule has 1 aliphatic rings. The third-order valence-electron chi connectivity index (χ3n) is 6.53. The molecule has 4 rings (SSSR count). The molecule has 1 unspecified atom stereocenters. The van der Waals surface area contributed by atoms with E-state index < -0.39 is 12.2 Å². The summed E-state index contributed by atoms with van der Waals surface area (Å²) < 4.78 is 11.8. The number of hydrogen-bond acceptors (Lipinski definition) is 7. The Labute approximate surface area is 217 Å². The molecular formula is C29H35N3O5. The normalized spacial score (nSPS) is 14.9. The number of benzene rings is 2. The van der Waals surface area contributed by atoms with Gasteiger partial charge in [0, 0.05) is 31.5 Å². The van der Waals surface area contributed by atoms with Crippen LogP contribution in [0.2, 0.25) is 0 Å². The molecule has 0 spiro atoms. The number of pyridine rings is 1. The second kappa shape index (κ2) is 12.7. The number of carbonyl (C=O) groups is 1. The van der Waals surface area contributed by atoms with E-state index in [0.717, 1.165) is 60.6 Å². The highest BCUT2D eigenvalue weighted by molar-refractivity contribution is 5.67. The Morgan fingerprint density at radius 2 is 1.89 bits per heavy atom. The molecule has 2 heterocycles. The SMILES string of the molecule is CN(C)C(O)c1ccc(Oc2ccc(Nc3ccc(CCC(=O)O)cn3)cc2CC2CCOCC2)cc1. The second-order valence-electron chi connectivity index (χ2n) is 9.66. The molecule has 3 aromatic rings. The summed E-state index contributed by atoms with van der Waals surface area (Å²) in [6.45, 7) is 1.57. The number of carboxylic acid groups (broad SMARTS) is 1. The summed E-state index contributed by atoms with van der Waals surface area (Å²) in [6.07, 6.45) is 4.52. The zero-order valence-electron chi connectivity index (χ0n) is 21.4. The number of ether oxygens (including phenoxy) is 2. The van der Waals surface area contributed by atoms with Gasteiger partial charge in [0.05, 0.1) is 0 Å². The smallest absolute Gasteiger partial charge is 0.303 e. The first-order valence-corrected chi connectivity index (χ1v) is 12.6. The molecule has 1 aromatic heterocycles. The van der Waals surface area contributed by atoms with E-state index in [1.807, 2.05) is 62.6 Å². The van der Waals surface area contributed by atoms with Gasteiger partial charge < -0.3 is 25.0 Å². The van der Waals surface area contributed by atoms with E-state index in [9.17, 15) is 9.90 Å². The summed E-state index contributed by atoms with van der Waals surface area (Å²) in [5.74, 6) is 1.91. The van der Waals surface area contributed by atoms with Gasteiger partial charge in [-0.05, 0) is 98.8 Å². The molecule has 0 saturated carbocycles. The van der Waals surface area contributed by atoms with E-state index >= 15 is 0 Å². The molecule has 1 atom stereocenters. The van der Waals surface area contributed by atoms with Crippen molar-refractivity contribution in [2.45, 2.75) is 38.3 Å². The standard InChI is InChI=1S/C29H35N3O5/c1-32(2)29(35)22-5-8-25(9-6-22)37-26-10-7-24(18-23(26)17-20-13-15-36-16-14-20)31-27-11-3-21(19-30-27)4-12-28(33)34/h3,5-11,18-20,29,35H,4,12-17H2,1-2H3,(H,30,31)(H,33,34). The molecule has 8 heteroatoms. The number of nitrogens with zero attached hydrogens (tertiary/aromatic N) is 2. The molecule has 0 bridgehead atoms. The van der Waals surface area contributed by atoms with Crippen LogP contribution in [0.3, 0.4) is 0 Å². The zero-order valence-corrected chi connectivity index (χ0v) is 21.4. The van der Waals surface area contributed by atoms with Crippen LogP contribution in [0.5, 0.6) is 11.5 Å². The summed E-state index contributed by atoms with van der Waals surface area (Å²) in [5, 5.41) is 22.5. The van der Waals surface area contributed by atoms with E-state index in [1.54, 1.807) is 11.1 Å². The van der Waals surface area contributed by atoms with Gasteiger partial charge in [0.2, 0.25) is 0 Å². The summed E-state index contributed by atoms with van der Waals surface area (Å²) in [7, 11) is 3.66. The number of aliphatic hydroxyl groups is 1. The predicted molar refractivity (Wildman–Crippen MR) is 142 cm³/mol. The minimum atomic E-state index is -0.816. The van der Waals surface area contributed by atoms with Crippen LogP contribution in [-0.2, 0) is 22.4 Å². The third-order valence-corrected chi connectivity index (χ3v) is 6.53. The van der Waals surface area contributed by atoms with Crippen LogP contribution in [0, 0.1) is 5.92 Å². The summed E-state index contributed by atoms with van der Waals surface area (Å²) in [6, 6.07) is 17.3. The Morgan fingerprint density at radius 1 is 1.14 bits per heavy atom. The molecule has 196 valence electrons. The molecule has 0 radical (unpaired) electrons. The van der Waals surface area contributed by atoms with Gasteiger partial charge in [-0.1, -0.05) is 18.2 Å². The van der Waals surface area contributed by atoms with Crippen LogP contribution >= 0.6 is 0 Å². The minimum absolute atomic E-state index is 0.0877. The first kappa shape index (κ1) is 26.6. The van der Waals surface area contributed by atoms with Crippen LogP contribution in [0.25, 0.3) is 0 Å². The van der Waals surface area contributed by atoms with Gasteiger partial charge in [-0.25, -0.2) is 4.98 Å². The summed E-state index contributed by atoms with van der Waals surface area (Å²) in [5.41, 5.74) is 3.71. The van der Waals surface area contributed by atoms with Crippen molar-refractivity contribution in [3.63, 3.8) is 0 Å². The lowest BCUT2D eigenvalue weighted by atomic mass is 9.92. The lowest BCUT2D eigenvalue weighted by Gasteiger charge is -2.23. The number of rotatable bonds is 11. The van der Waals surface area contributed by atoms with Gasteiger partial charge in [-0.3, -0.25) is 9.69 Å². The Kier molecular flexibility index (Phi) is 9.11. The van der Waals surface area contributed by atoms with Crippen molar-refractivity contribution in [2.75, 3.05) is 32.6 Å². The van der Waals surface area contributed by atoms with E-state index in [-0.39, 0.29) is 6.42 Å². The van der Waals surface area contributed by atoms with Crippen molar-refractivity contribution in [1.29, 1.82) is 0 Å². The van der Waals surface area contributed by atoms with Gasteiger partial charge in [0.25, 0.3) is 0 Å². The van der Waals surface area contributed by atoms with Crippen LogP contribution < -0.4 is 10.1 Å². The van der Waals surface area contributed by atoms with Crippen LogP contribution in [0.4, 0.5) is 11.5 Å². The van der Waals surface area contributed by atoms with Gasteiger partial charge >= 0.3 is 5.97 Å². The molecule has 0 amide bonds. The van der Waals surface area contributed by atoms with Crippen LogP contribution in [-0.4, -0.2) is 53.4 Å². The van der Waals surface area contributed by atoms with E-state index in [2.05, 4.69) is 16.4 Å². The Morgan fingerprint density at radius 3 is 2.54 bits per heavy atom. The lowest BCUT2D eigenvalue weighted by molar-refractivity contribution is -0.136. The molecular weight excluding hydrogens is 470 g/mol. The monoisotopic (exact) mass is 505 g/mol. The second-order valence-corrected chi connectivity index (χ2v) is 9.66. The molecule has 3 N–H and O–H groups in total. The summed E-state index contributed by atoms with van der Waals surface area (Å²) >= 11 is 0. The van der Waals surface area contributed by atoms with Gasteiger partial charge in [-0.2, -0.15) is 0 Å². The fraction of sp³-hybridized carbons (Fsp3) is 0.379. The largest absolute Gasteiger partial charge is 0.481 e. The van der Waals surface area contributed by atoms with Crippen molar-refractivity contribution >= 4 is 17.5 Å². The zero-order chi connectivity index (χ0) is 26.2. The summed E-state index contributed by atoms with van der Waals surface area (Å²) in [4.78, 5) is 17.0. The van der Waals surface area contributed by atoms with Crippen molar-refractivity contribution in [1.82, 2.24) is 9.88 Å². The van der Waals surface area contributed by atoms with Crippen molar-refractivity contribution in [3.8, 4) is 11.5 Å².